The first-order valence-electron chi connectivity index (χ1n) is 1.44. The van der Waals surface area contributed by atoms with E-state index in [4.69, 9.17) is 5.39 Å². The fraction of sp³-hybridized carbons (Fsp3) is 0. The Bertz CT molecular complexity index is 203. The first kappa shape index (κ1) is 6.60. The average Bonchev–Trinajstić information content (AvgIpc) is 1.81. The molecule has 0 saturated heterocycles. The van der Waals surface area contributed by atoms with Gasteiger partial charge in [0.2, 0.25) is 0 Å². The zero-order chi connectivity index (χ0) is 6.24. The molecule has 5 nitrogen and oxygen atoms in total. The van der Waals surface area contributed by atoms with Crippen molar-refractivity contribution in [2.75, 3.05) is 0 Å². The van der Waals surface area contributed by atoms with Crippen molar-refractivity contribution in [3.05, 3.63) is 5.08 Å². The van der Waals surface area contributed by atoms with Gasteiger partial charge in [-0.3, -0.25) is 0 Å². The molecular weight excluding hydrogens is 128 g/mol. The molecule has 6 heteroatoms. The molecular formula is C2N4OS+2. The van der Waals surface area contributed by atoms with Crippen LogP contribution in [0.3, 0.4) is 0 Å². The molecule has 0 aliphatic carbocycles. The number of rotatable bonds is 1. The van der Waals surface area contributed by atoms with Gasteiger partial charge in [0.05, 0.1) is 0 Å². The molecule has 0 atom stereocenters. The van der Waals surface area contributed by atoms with E-state index in [0.29, 0.717) is 11.5 Å². The largest absolute Gasteiger partial charge is 0.458 e. The Morgan fingerprint density at radius 2 is 2.50 bits per heavy atom. The molecule has 0 aliphatic rings. The smallest absolute Gasteiger partial charge is 0.206 e. The van der Waals surface area contributed by atoms with E-state index < -0.39 is 0 Å². The van der Waals surface area contributed by atoms with Gasteiger partial charge in [0.1, 0.15) is 4.40 Å². The Balaban J connectivity index is 3.88. The third kappa shape index (κ3) is 4.60. The molecule has 0 bridgehead atoms. The molecule has 0 spiro atoms. The van der Waals surface area contributed by atoms with Gasteiger partial charge < -0.3 is 0 Å². The number of isocyanates is 1. The van der Waals surface area contributed by atoms with E-state index in [1.807, 2.05) is 5.16 Å². The second-order valence-electron chi connectivity index (χ2n) is 0.555. The topological polar surface area (TPSA) is 69.9 Å². The van der Waals surface area contributed by atoms with E-state index >= 15 is 0 Å². The summed E-state index contributed by atoms with van der Waals surface area (Å²) >= 11 is 0.609. The lowest BCUT2D eigenvalue weighted by Crippen LogP contribution is -1.52. The van der Waals surface area contributed by atoms with Gasteiger partial charge in [0.15, 0.2) is 0 Å². The predicted molar refractivity (Wildman–Crippen MR) is 28.0 cm³/mol. The molecule has 0 heterocycles. The number of isothiocyanates is 1. The van der Waals surface area contributed by atoms with Crippen LogP contribution in [0, 0.1) is 5.39 Å². The molecule has 0 fully saturated rings. The average molecular weight is 128 g/mol. The molecule has 0 unspecified atom stereocenters. The Hall–Kier alpha value is -1.40. The minimum atomic E-state index is 0.609. The van der Waals surface area contributed by atoms with Gasteiger partial charge in [-0.2, -0.15) is 0 Å². The van der Waals surface area contributed by atoms with Crippen LogP contribution < -0.4 is 0 Å². The molecule has 8 heavy (non-hydrogen) atoms. The standard InChI is InChI=1S/C2N4OS/c3-6-4-2-8-5-1-7/q+2. The normalized spacial score (nSPS) is 4.88. The van der Waals surface area contributed by atoms with Crippen LogP contribution in [0.4, 0.5) is 0 Å². The lowest BCUT2D eigenvalue weighted by Gasteiger charge is -1.22. The molecule has 38 valence electrons. The third-order valence-corrected chi connectivity index (χ3v) is 0.538. The van der Waals surface area contributed by atoms with Crippen LogP contribution >= 0.6 is 0 Å². The molecule has 0 aliphatic heterocycles. The van der Waals surface area contributed by atoms with E-state index in [1.165, 1.54) is 6.08 Å². The summed E-state index contributed by atoms with van der Waals surface area (Å²) in [7, 11) is 0. The predicted octanol–water partition coefficient (Wildman–Crippen LogP) is -0.00682. The molecule has 0 N–H and O–H groups in total. The van der Waals surface area contributed by atoms with Crippen LogP contribution in [0.5, 0.6) is 0 Å². The zero-order valence-corrected chi connectivity index (χ0v) is 4.42. The molecule has 0 rings (SSSR count). The highest BCUT2D eigenvalue weighted by molar-refractivity contribution is 7.75. The van der Waals surface area contributed by atoms with Crippen molar-refractivity contribution in [1.29, 1.82) is 5.39 Å². The second-order valence-corrected chi connectivity index (χ2v) is 1.10. The van der Waals surface area contributed by atoms with Crippen LogP contribution in [-0.4, -0.2) is 11.2 Å². The number of diazo groups is 1. The first-order chi connectivity index (χ1) is 3.91. The van der Waals surface area contributed by atoms with E-state index in [-0.39, 0.29) is 0 Å². The summed E-state index contributed by atoms with van der Waals surface area (Å²) in [5.74, 6) is 0. The fourth-order valence-corrected chi connectivity index (χ4v) is 0.227. The first-order valence-corrected chi connectivity index (χ1v) is 2.21. The van der Waals surface area contributed by atoms with Gasteiger partial charge in [0, 0.05) is 0 Å². The molecule has 0 aromatic carbocycles. The van der Waals surface area contributed by atoms with E-state index in [2.05, 4.69) is 14.6 Å². The number of hydrogen-bond acceptors (Lipinski definition) is 4. The van der Waals surface area contributed by atoms with Crippen LogP contribution in [0.2, 0.25) is 0 Å². The van der Waals surface area contributed by atoms with Gasteiger partial charge in [-0.05, 0) is 0 Å². The maximum absolute atomic E-state index is 9.28. The van der Waals surface area contributed by atoms with Gasteiger partial charge in [0.25, 0.3) is 10.5 Å². The lowest BCUT2D eigenvalue weighted by atomic mass is 11.7. The van der Waals surface area contributed by atoms with Gasteiger partial charge in [-0.1, -0.05) is 0 Å². The Labute approximate surface area is 48.4 Å². The minimum Gasteiger partial charge on any atom is -0.206 e. The van der Waals surface area contributed by atoms with E-state index in [1.54, 1.807) is 0 Å². The van der Waals surface area contributed by atoms with E-state index in [9.17, 15) is 4.79 Å². The highest BCUT2D eigenvalue weighted by atomic mass is 32.1. The summed E-state index contributed by atoms with van der Waals surface area (Å²) in [6, 6.07) is 0. The van der Waals surface area contributed by atoms with Crippen molar-refractivity contribution in [1.82, 2.24) is 0 Å². The highest BCUT2D eigenvalue weighted by Gasteiger charge is 1.85. The van der Waals surface area contributed by atoms with Crippen molar-refractivity contribution in [2.24, 2.45) is 9.50 Å². The summed E-state index contributed by atoms with van der Waals surface area (Å²) in [5, 5.41) is 14.8. The van der Waals surface area contributed by atoms with Crippen molar-refractivity contribution < 1.29 is 4.79 Å². The summed E-state index contributed by atoms with van der Waals surface area (Å²) in [6.07, 6.45) is 1.22. The van der Waals surface area contributed by atoms with Crippen LogP contribution in [0.15, 0.2) is 9.50 Å². The van der Waals surface area contributed by atoms with Crippen LogP contribution in [-0.2, 0) is 16.3 Å². The van der Waals surface area contributed by atoms with Crippen molar-refractivity contribution in [3.63, 3.8) is 0 Å². The second kappa shape index (κ2) is 5.60. The SMILES string of the molecule is N#[N+]N=C=[S+]N=C=O. The summed E-state index contributed by atoms with van der Waals surface area (Å²) in [6.45, 7) is 0. The van der Waals surface area contributed by atoms with E-state index in [0.717, 1.165) is 0 Å². The van der Waals surface area contributed by atoms with Gasteiger partial charge in [-0.25, -0.2) is 4.79 Å². The Morgan fingerprint density at radius 3 is 3.00 bits per heavy atom. The third-order valence-electron chi connectivity index (χ3n) is 0.209. The highest BCUT2D eigenvalue weighted by Crippen LogP contribution is 1.58. The fourth-order valence-electron chi connectivity index (χ4n) is 0.0756. The number of hydrogen-bond donors (Lipinski definition) is 0. The van der Waals surface area contributed by atoms with Gasteiger partial charge in [-0.15, -0.1) is 0 Å². The number of carbonyl (C=O) groups excluding carboxylic acids is 1. The summed E-state index contributed by atoms with van der Waals surface area (Å²) in [4.78, 5) is 9.28. The van der Waals surface area contributed by atoms with Crippen LogP contribution in [0.25, 0.3) is 5.08 Å². The maximum Gasteiger partial charge on any atom is 0.458 e. The van der Waals surface area contributed by atoms with Crippen molar-refractivity contribution in [3.8, 4) is 0 Å². The molecule has 0 aromatic heterocycles. The molecule has 0 aromatic rings. The van der Waals surface area contributed by atoms with Gasteiger partial charge >= 0.3 is 27.9 Å². The van der Waals surface area contributed by atoms with Crippen LogP contribution in [0.1, 0.15) is 0 Å². The Kier molecular flexibility index (Phi) is 4.62. The van der Waals surface area contributed by atoms with Crippen molar-refractivity contribution >= 4 is 22.8 Å². The lowest BCUT2D eigenvalue weighted by molar-refractivity contribution is 0.566. The zero-order valence-electron chi connectivity index (χ0n) is 3.61. The molecule has 0 amide bonds. The van der Waals surface area contributed by atoms with Crippen molar-refractivity contribution in [2.45, 2.75) is 0 Å². The quantitative estimate of drug-likeness (QED) is 0.0947. The minimum absolute atomic E-state index is 0.609. The molecule has 0 radical (unpaired) electrons. The summed E-state index contributed by atoms with van der Waals surface area (Å²) < 4.78 is 2.94. The maximum atomic E-state index is 9.28. The summed E-state index contributed by atoms with van der Waals surface area (Å²) in [5.41, 5.74) is 0. The Morgan fingerprint density at radius 1 is 1.75 bits per heavy atom. The molecule has 0 saturated carbocycles. The monoisotopic (exact) mass is 128 g/mol. The number of nitrogens with zero attached hydrogens (tertiary/aromatic N) is 4.